The van der Waals surface area contributed by atoms with Gasteiger partial charge in [0.15, 0.2) is 5.13 Å². The predicted octanol–water partition coefficient (Wildman–Crippen LogP) is 3.04. The summed E-state index contributed by atoms with van der Waals surface area (Å²) in [6.45, 7) is 5.42. The summed E-state index contributed by atoms with van der Waals surface area (Å²) in [6, 6.07) is 4.85. The van der Waals surface area contributed by atoms with Gasteiger partial charge in [-0.1, -0.05) is 12.0 Å². The Morgan fingerprint density at radius 3 is 2.76 bits per heavy atom. The number of piperidine rings is 1. The summed E-state index contributed by atoms with van der Waals surface area (Å²) in [4.78, 5) is 18.7. The molecule has 1 aliphatic heterocycles. The van der Waals surface area contributed by atoms with Gasteiger partial charge in [-0.2, -0.15) is 0 Å². The first-order chi connectivity index (χ1) is 12.0. The quantitative estimate of drug-likeness (QED) is 0.841. The molecule has 1 aliphatic rings. The van der Waals surface area contributed by atoms with Gasteiger partial charge in [0.2, 0.25) is 0 Å². The average molecular weight is 357 g/mol. The normalized spacial score (nSPS) is 14.8. The van der Waals surface area contributed by atoms with E-state index in [9.17, 15) is 9.18 Å². The number of amides is 1. The molecule has 6 heteroatoms. The van der Waals surface area contributed by atoms with Crippen molar-refractivity contribution in [2.75, 3.05) is 18.0 Å². The fourth-order valence-corrected chi connectivity index (χ4v) is 3.58. The Kier molecular flexibility index (Phi) is 5.34. The number of anilines is 1. The molecule has 1 aromatic heterocycles. The number of halogens is 1. The first-order valence-corrected chi connectivity index (χ1v) is 9.15. The van der Waals surface area contributed by atoms with E-state index >= 15 is 0 Å². The van der Waals surface area contributed by atoms with Crippen LogP contribution in [0.15, 0.2) is 23.6 Å². The molecule has 1 N–H and O–H groups in total. The summed E-state index contributed by atoms with van der Waals surface area (Å²) in [6.07, 6.45) is 1.73. The van der Waals surface area contributed by atoms with Gasteiger partial charge in [0.1, 0.15) is 5.82 Å². The van der Waals surface area contributed by atoms with Crippen molar-refractivity contribution >= 4 is 22.4 Å². The minimum atomic E-state index is -0.315. The Labute approximate surface area is 151 Å². The molecule has 3 rings (SSSR count). The van der Waals surface area contributed by atoms with Crippen molar-refractivity contribution in [3.05, 3.63) is 46.2 Å². The van der Waals surface area contributed by atoms with E-state index in [1.807, 2.05) is 12.3 Å². The standard InChI is InChI=1S/C19H20FN3OS/c1-13-3-4-15(11-17(13)20)5-6-18(24)22-16-7-9-23(10-8-16)19-21-14(2)12-25-19/h3-4,11-12,16H,7-10H2,1-2H3,(H,22,24). The van der Waals surface area contributed by atoms with Crippen LogP contribution in [0.5, 0.6) is 0 Å². The maximum atomic E-state index is 13.5. The Bertz CT molecular complexity index is 829. The highest BCUT2D eigenvalue weighted by Crippen LogP contribution is 2.23. The molecule has 1 amide bonds. The highest BCUT2D eigenvalue weighted by molar-refractivity contribution is 7.13. The number of benzene rings is 1. The van der Waals surface area contributed by atoms with E-state index in [4.69, 9.17) is 0 Å². The molecule has 1 fully saturated rings. The lowest BCUT2D eigenvalue weighted by Gasteiger charge is -2.31. The Morgan fingerprint density at radius 2 is 2.12 bits per heavy atom. The second kappa shape index (κ2) is 7.66. The van der Waals surface area contributed by atoms with Crippen LogP contribution in [0, 0.1) is 31.5 Å². The van der Waals surface area contributed by atoms with Crippen LogP contribution in [-0.4, -0.2) is 30.0 Å². The molecule has 0 aliphatic carbocycles. The summed E-state index contributed by atoms with van der Waals surface area (Å²) in [5, 5.41) is 6.04. The molecule has 130 valence electrons. The molecule has 0 spiro atoms. The SMILES string of the molecule is Cc1csc(N2CCC(NC(=O)C#Cc3ccc(C)c(F)c3)CC2)n1. The fraction of sp³-hybridized carbons (Fsp3) is 0.368. The van der Waals surface area contributed by atoms with Gasteiger partial charge in [-0.3, -0.25) is 4.79 Å². The van der Waals surface area contributed by atoms with Crippen molar-refractivity contribution in [2.24, 2.45) is 0 Å². The molecule has 0 atom stereocenters. The number of rotatable bonds is 2. The zero-order valence-electron chi connectivity index (χ0n) is 14.3. The second-order valence-corrected chi connectivity index (χ2v) is 7.06. The predicted molar refractivity (Wildman–Crippen MR) is 98.2 cm³/mol. The van der Waals surface area contributed by atoms with E-state index < -0.39 is 0 Å². The van der Waals surface area contributed by atoms with Gasteiger partial charge in [0, 0.05) is 36.0 Å². The zero-order valence-corrected chi connectivity index (χ0v) is 15.1. The number of thiazole rings is 1. The number of nitrogens with one attached hydrogen (secondary N) is 1. The number of hydrogen-bond acceptors (Lipinski definition) is 4. The van der Waals surface area contributed by atoms with E-state index in [1.54, 1.807) is 30.4 Å². The van der Waals surface area contributed by atoms with Crippen LogP contribution in [0.1, 0.15) is 29.7 Å². The summed E-state index contributed by atoms with van der Waals surface area (Å²) in [5.74, 6) is 4.64. The van der Waals surface area contributed by atoms with Gasteiger partial charge in [0.05, 0.1) is 5.69 Å². The fourth-order valence-electron chi connectivity index (χ4n) is 2.72. The summed E-state index contributed by atoms with van der Waals surface area (Å²) in [7, 11) is 0. The van der Waals surface area contributed by atoms with E-state index in [-0.39, 0.29) is 17.8 Å². The molecular weight excluding hydrogens is 337 g/mol. The van der Waals surface area contributed by atoms with Gasteiger partial charge in [0.25, 0.3) is 5.91 Å². The molecule has 4 nitrogen and oxygen atoms in total. The number of carbonyl (C=O) groups is 1. The van der Waals surface area contributed by atoms with Crippen LogP contribution in [0.2, 0.25) is 0 Å². The lowest BCUT2D eigenvalue weighted by molar-refractivity contribution is -0.116. The molecule has 1 saturated heterocycles. The minimum absolute atomic E-state index is 0.119. The van der Waals surface area contributed by atoms with Crippen LogP contribution >= 0.6 is 11.3 Å². The molecule has 0 unspecified atom stereocenters. The molecule has 0 saturated carbocycles. The first kappa shape index (κ1) is 17.4. The van der Waals surface area contributed by atoms with E-state index in [1.165, 1.54) is 6.07 Å². The summed E-state index contributed by atoms with van der Waals surface area (Å²) in [5.41, 5.74) is 2.11. The van der Waals surface area contributed by atoms with Crippen molar-refractivity contribution in [1.82, 2.24) is 10.3 Å². The van der Waals surface area contributed by atoms with Gasteiger partial charge in [-0.05, 0) is 44.4 Å². The number of carbonyl (C=O) groups excluding carboxylic acids is 1. The maximum absolute atomic E-state index is 13.5. The van der Waals surface area contributed by atoms with Crippen LogP contribution in [-0.2, 0) is 4.79 Å². The van der Waals surface area contributed by atoms with Crippen LogP contribution < -0.4 is 10.2 Å². The largest absolute Gasteiger partial charge is 0.348 e. The summed E-state index contributed by atoms with van der Waals surface area (Å²) < 4.78 is 13.5. The van der Waals surface area contributed by atoms with Crippen molar-refractivity contribution in [3.8, 4) is 11.8 Å². The van der Waals surface area contributed by atoms with Gasteiger partial charge >= 0.3 is 0 Å². The second-order valence-electron chi connectivity index (χ2n) is 6.22. The number of hydrogen-bond donors (Lipinski definition) is 1. The van der Waals surface area contributed by atoms with E-state index in [0.29, 0.717) is 11.1 Å². The zero-order chi connectivity index (χ0) is 17.8. The van der Waals surface area contributed by atoms with Crippen LogP contribution in [0.25, 0.3) is 0 Å². The van der Waals surface area contributed by atoms with E-state index in [2.05, 4.69) is 27.0 Å². The average Bonchev–Trinajstić information content (AvgIpc) is 3.03. The monoisotopic (exact) mass is 357 g/mol. The molecular formula is C19H20FN3OS. The first-order valence-electron chi connectivity index (χ1n) is 8.27. The van der Waals surface area contributed by atoms with Crippen LogP contribution in [0.4, 0.5) is 9.52 Å². The summed E-state index contributed by atoms with van der Waals surface area (Å²) >= 11 is 1.65. The maximum Gasteiger partial charge on any atom is 0.296 e. The number of aryl methyl sites for hydroxylation is 2. The van der Waals surface area contributed by atoms with Gasteiger partial charge < -0.3 is 10.2 Å². The van der Waals surface area contributed by atoms with Crippen molar-refractivity contribution in [2.45, 2.75) is 32.7 Å². The molecule has 2 aromatic rings. The molecule has 0 bridgehead atoms. The smallest absolute Gasteiger partial charge is 0.296 e. The third-order valence-corrected chi connectivity index (χ3v) is 5.22. The Balaban J connectivity index is 1.51. The minimum Gasteiger partial charge on any atom is -0.348 e. The number of aromatic nitrogens is 1. The van der Waals surface area contributed by atoms with Crippen molar-refractivity contribution < 1.29 is 9.18 Å². The Hall–Kier alpha value is -2.39. The highest BCUT2D eigenvalue weighted by atomic mass is 32.1. The molecule has 25 heavy (non-hydrogen) atoms. The molecule has 0 radical (unpaired) electrons. The third-order valence-electron chi connectivity index (χ3n) is 4.20. The van der Waals surface area contributed by atoms with Crippen molar-refractivity contribution in [3.63, 3.8) is 0 Å². The van der Waals surface area contributed by atoms with Gasteiger partial charge in [-0.25, -0.2) is 9.37 Å². The lowest BCUT2D eigenvalue weighted by atomic mass is 10.1. The third kappa shape index (κ3) is 4.58. The molecule has 2 heterocycles. The number of nitrogens with zero attached hydrogens (tertiary/aromatic N) is 2. The van der Waals surface area contributed by atoms with E-state index in [0.717, 1.165) is 36.8 Å². The van der Waals surface area contributed by atoms with Crippen LogP contribution in [0.3, 0.4) is 0 Å². The van der Waals surface area contributed by atoms with Crippen molar-refractivity contribution in [1.29, 1.82) is 0 Å². The Morgan fingerprint density at radius 1 is 1.36 bits per heavy atom. The lowest BCUT2D eigenvalue weighted by Crippen LogP contribution is -2.44. The van der Waals surface area contributed by atoms with Gasteiger partial charge in [-0.15, -0.1) is 11.3 Å². The topological polar surface area (TPSA) is 45.2 Å². The molecule has 1 aromatic carbocycles. The highest BCUT2D eigenvalue weighted by Gasteiger charge is 2.21.